The van der Waals surface area contributed by atoms with Gasteiger partial charge in [-0.1, -0.05) is 13.8 Å². The number of halogens is 1. The number of hydrogen-bond donors (Lipinski definition) is 1. The zero-order valence-electron chi connectivity index (χ0n) is 12.9. The van der Waals surface area contributed by atoms with Crippen LogP contribution in [0.1, 0.15) is 13.8 Å². The predicted molar refractivity (Wildman–Crippen MR) is 83.1 cm³/mol. The van der Waals surface area contributed by atoms with Crippen molar-refractivity contribution >= 4 is 28.7 Å². The Balaban J connectivity index is 2.52. The van der Waals surface area contributed by atoms with Crippen molar-refractivity contribution in [1.29, 1.82) is 0 Å². The normalized spacial score (nSPS) is 11.4. The van der Waals surface area contributed by atoms with Crippen LogP contribution in [0.2, 0.25) is 5.28 Å². The van der Waals surface area contributed by atoms with Crippen molar-refractivity contribution < 1.29 is 4.79 Å². The van der Waals surface area contributed by atoms with E-state index in [0.29, 0.717) is 12.5 Å². The number of nitrogens with one attached hydrogen (secondary N) is 1. The molecular weight excluding hydrogens is 310 g/mol. The third-order valence-electron chi connectivity index (χ3n) is 3.31. The molecule has 120 valence electrons. The molecule has 0 atom stereocenters. The van der Waals surface area contributed by atoms with E-state index in [9.17, 15) is 14.4 Å². The first kappa shape index (κ1) is 16.3. The van der Waals surface area contributed by atoms with Crippen LogP contribution in [0.15, 0.2) is 9.59 Å². The van der Waals surface area contributed by atoms with Gasteiger partial charge < -0.3 is 5.32 Å². The van der Waals surface area contributed by atoms with Gasteiger partial charge in [0, 0.05) is 20.6 Å². The molecule has 0 unspecified atom stereocenters. The molecule has 0 aromatic carbocycles. The van der Waals surface area contributed by atoms with Gasteiger partial charge >= 0.3 is 5.69 Å². The third kappa shape index (κ3) is 2.78. The summed E-state index contributed by atoms with van der Waals surface area (Å²) in [5.41, 5.74) is -0.735. The topological polar surface area (TPSA) is 90.9 Å². The molecule has 1 amide bonds. The first-order valence-corrected chi connectivity index (χ1v) is 7.20. The molecule has 2 aromatic heterocycles. The number of aromatic nitrogens is 4. The van der Waals surface area contributed by atoms with Gasteiger partial charge in [-0.2, -0.15) is 4.98 Å². The smallest absolute Gasteiger partial charge is 0.332 e. The van der Waals surface area contributed by atoms with Crippen molar-refractivity contribution in [3.8, 4) is 0 Å². The van der Waals surface area contributed by atoms with E-state index in [1.54, 1.807) is 0 Å². The molecule has 2 heterocycles. The van der Waals surface area contributed by atoms with Crippen molar-refractivity contribution in [3.05, 3.63) is 26.1 Å². The Morgan fingerprint density at radius 2 is 1.91 bits per heavy atom. The highest BCUT2D eigenvalue weighted by atomic mass is 35.5. The lowest BCUT2D eigenvalue weighted by atomic mass is 10.2. The third-order valence-corrected chi connectivity index (χ3v) is 3.60. The SMILES string of the molecule is CC(C)CNC(=O)Cn1c(Cl)nc2c1c(=O)n(C)c(=O)n2C. The number of fused-ring (bicyclic) bond motifs is 1. The number of aryl methyl sites for hydroxylation is 1. The Morgan fingerprint density at radius 3 is 2.50 bits per heavy atom. The van der Waals surface area contributed by atoms with Gasteiger partial charge in [0.1, 0.15) is 6.54 Å². The minimum atomic E-state index is -0.533. The van der Waals surface area contributed by atoms with Crippen LogP contribution in [0.4, 0.5) is 0 Å². The maximum atomic E-state index is 12.3. The molecule has 0 spiro atoms. The molecule has 0 aliphatic carbocycles. The van der Waals surface area contributed by atoms with Crippen molar-refractivity contribution in [3.63, 3.8) is 0 Å². The second-order valence-corrected chi connectivity index (χ2v) is 5.88. The number of rotatable bonds is 4. The summed E-state index contributed by atoms with van der Waals surface area (Å²) < 4.78 is 3.50. The van der Waals surface area contributed by atoms with Crippen LogP contribution >= 0.6 is 11.6 Å². The van der Waals surface area contributed by atoms with Crippen LogP contribution in [0.3, 0.4) is 0 Å². The first-order chi connectivity index (χ1) is 10.2. The minimum Gasteiger partial charge on any atom is -0.354 e. The Kier molecular flexibility index (Phi) is 4.41. The van der Waals surface area contributed by atoms with Crippen molar-refractivity contribution in [2.45, 2.75) is 20.4 Å². The Labute approximate surface area is 131 Å². The lowest BCUT2D eigenvalue weighted by Gasteiger charge is -2.09. The lowest BCUT2D eigenvalue weighted by molar-refractivity contribution is -0.121. The summed E-state index contributed by atoms with van der Waals surface area (Å²) in [4.78, 5) is 40.1. The highest BCUT2D eigenvalue weighted by molar-refractivity contribution is 6.29. The maximum absolute atomic E-state index is 12.3. The molecule has 22 heavy (non-hydrogen) atoms. The van der Waals surface area contributed by atoms with E-state index < -0.39 is 11.2 Å². The van der Waals surface area contributed by atoms with Crippen molar-refractivity contribution in [2.24, 2.45) is 20.0 Å². The van der Waals surface area contributed by atoms with Crippen LogP contribution in [-0.2, 0) is 25.4 Å². The van der Waals surface area contributed by atoms with Crippen LogP contribution < -0.4 is 16.6 Å². The molecule has 0 aliphatic heterocycles. The Morgan fingerprint density at radius 1 is 1.27 bits per heavy atom. The second kappa shape index (κ2) is 5.96. The van der Waals surface area contributed by atoms with E-state index in [2.05, 4.69) is 10.3 Å². The predicted octanol–water partition coefficient (Wildman–Crippen LogP) is -0.141. The van der Waals surface area contributed by atoms with Crippen LogP contribution in [0.5, 0.6) is 0 Å². The highest BCUT2D eigenvalue weighted by Crippen LogP contribution is 2.15. The van der Waals surface area contributed by atoms with E-state index in [-0.39, 0.29) is 28.9 Å². The summed E-state index contributed by atoms with van der Waals surface area (Å²) in [5.74, 6) is 0.0402. The average Bonchev–Trinajstić information content (AvgIpc) is 2.78. The fourth-order valence-corrected chi connectivity index (χ4v) is 2.31. The molecule has 2 aromatic rings. The molecule has 0 saturated heterocycles. The van der Waals surface area contributed by atoms with E-state index in [1.807, 2.05) is 13.8 Å². The number of carbonyl (C=O) groups excluding carboxylic acids is 1. The summed E-state index contributed by atoms with van der Waals surface area (Å²) in [7, 11) is 2.87. The molecule has 0 aliphatic rings. The number of hydrogen-bond acceptors (Lipinski definition) is 4. The zero-order chi connectivity index (χ0) is 16.6. The minimum absolute atomic E-state index is 0.00648. The molecule has 1 N–H and O–H groups in total. The summed E-state index contributed by atoms with van der Waals surface area (Å²) >= 11 is 6.03. The Hall–Kier alpha value is -2.09. The Bertz CT molecular complexity index is 846. The second-order valence-electron chi connectivity index (χ2n) is 5.54. The van der Waals surface area contributed by atoms with Crippen LogP contribution in [-0.4, -0.2) is 31.1 Å². The molecule has 0 bridgehead atoms. The quantitative estimate of drug-likeness (QED) is 0.791. The monoisotopic (exact) mass is 327 g/mol. The van der Waals surface area contributed by atoms with Gasteiger partial charge in [-0.3, -0.25) is 23.3 Å². The largest absolute Gasteiger partial charge is 0.354 e. The van der Waals surface area contributed by atoms with Crippen LogP contribution in [0, 0.1) is 5.92 Å². The van der Waals surface area contributed by atoms with Crippen molar-refractivity contribution in [1.82, 2.24) is 24.0 Å². The van der Waals surface area contributed by atoms with E-state index in [0.717, 1.165) is 4.57 Å². The van der Waals surface area contributed by atoms with Gasteiger partial charge in [0.25, 0.3) is 5.56 Å². The molecule has 0 saturated carbocycles. The van der Waals surface area contributed by atoms with Gasteiger partial charge in [0.2, 0.25) is 11.2 Å². The number of imidazole rings is 1. The standard InChI is InChI=1S/C13H18ClN5O3/c1-7(2)5-15-8(20)6-19-9-10(16-12(19)14)17(3)13(22)18(4)11(9)21/h7H,5-6H2,1-4H3,(H,15,20). The van der Waals surface area contributed by atoms with Gasteiger partial charge in [0.15, 0.2) is 11.2 Å². The molecule has 2 rings (SSSR count). The fourth-order valence-electron chi connectivity index (χ4n) is 2.08. The van der Waals surface area contributed by atoms with Crippen LogP contribution in [0.25, 0.3) is 11.2 Å². The lowest BCUT2D eigenvalue weighted by Crippen LogP contribution is -2.38. The van der Waals surface area contributed by atoms with Gasteiger partial charge in [-0.25, -0.2) is 4.79 Å². The number of carbonyl (C=O) groups is 1. The van der Waals surface area contributed by atoms with Gasteiger partial charge in [-0.05, 0) is 17.5 Å². The summed E-state index contributed by atoms with van der Waals surface area (Å²) in [5, 5.41) is 2.74. The average molecular weight is 328 g/mol. The summed E-state index contributed by atoms with van der Waals surface area (Å²) in [6, 6.07) is 0. The summed E-state index contributed by atoms with van der Waals surface area (Å²) in [6.45, 7) is 4.35. The van der Waals surface area contributed by atoms with Gasteiger partial charge in [0.05, 0.1) is 0 Å². The maximum Gasteiger partial charge on any atom is 0.332 e. The molecular formula is C13H18ClN5O3. The van der Waals surface area contributed by atoms with Gasteiger partial charge in [-0.15, -0.1) is 0 Å². The first-order valence-electron chi connectivity index (χ1n) is 6.82. The highest BCUT2D eigenvalue weighted by Gasteiger charge is 2.19. The summed E-state index contributed by atoms with van der Waals surface area (Å²) in [6.07, 6.45) is 0. The van der Waals surface area contributed by atoms with E-state index in [1.165, 1.54) is 23.2 Å². The zero-order valence-corrected chi connectivity index (χ0v) is 13.6. The fraction of sp³-hybridized carbons (Fsp3) is 0.538. The number of nitrogens with zero attached hydrogens (tertiary/aromatic N) is 4. The van der Waals surface area contributed by atoms with Crippen molar-refractivity contribution in [2.75, 3.05) is 6.54 Å². The molecule has 9 heteroatoms. The molecule has 0 fully saturated rings. The number of amides is 1. The van der Waals surface area contributed by atoms with E-state index in [4.69, 9.17) is 11.6 Å². The molecule has 8 nitrogen and oxygen atoms in total. The molecule has 0 radical (unpaired) electrons. The van der Waals surface area contributed by atoms with E-state index >= 15 is 0 Å².